The molecular weight excluding hydrogens is 329 g/mol. The van der Waals surface area contributed by atoms with E-state index in [1.54, 1.807) is 19.3 Å². The summed E-state index contributed by atoms with van der Waals surface area (Å²) < 4.78 is 16.0. The molecule has 0 radical (unpaired) electrons. The predicted molar refractivity (Wildman–Crippen MR) is 101 cm³/mol. The van der Waals surface area contributed by atoms with Crippen molar-refractivity contribution in [3.05, 3.63) is 64.7 Å². The van der Waals surface area contributed by atoms with Crippen molar-refractivity contribution in [3.63, 3.8) is 0 Å². The second-order valence-electron chi connectivity index (χ2n) is 5.95. The zero-order valence-corrected chi connectivity index (χ0v) is 14.8. The van der Waals surface area contributed by atoms with Crippen LogP contribution in [0.3, 0.4) is 0 Å². The second-order valence-corrected chi connectivity index (χ2v) is 5.95. The van der Waals surface area contributed by atoms with Crippen molar-refractivity contribution in [2.24, 2.45) is 4.99 Å². The molecule has 0 saturated carbocycles. The number of aromatic nitrogens is 2. The van der Waals surface area contributed by atoms with E-state index in [0.29, 0.717) is 17.1 Å². The van der Waals surface area contributed by atoms with Gasteiger partial charge in [0.25, 0.3) is 0 Å². The van der Waals surface area contributed by atoms with Crippen molar-refractivity contribution < 1.29 is 4.39 Å². The Morgan fingerprint density at radius 3 is 2.65 bits per heavy atom. The first-order valence-electron chi connectivity index (χ1n) is 8.04. The van der Waals surface area contributed by atoms with E-state index in [2.05, 4.69) is 9.98 Å². The van der Waals surface area contributed by atoms with Crippen molar-refractivity contribution in [2.45, 2.75) is 13.8 Å². The monoisotopic (exact) mass is 347 g/mol. The normalized spacial score (nSPS) is 11.0. The maximum Gasteiger partial charge on any atom is 0.145 e. The number of nitrogen functional groups attached to an aromatic ring is 1. The van der Waals surface area contributed by atoms with Gasteiger partial charge in [-0.2, -0.15) is 5.26 Å². The number of nitrogens with two attached hydrogens (primary N) is 1. The molecule has 0 fully saturated rings. The molecule has 2 aromatic carbocycles. The van der Waals surface area contributed by atoms with Gasteiger partial charge in [-0.1, -0.05) is 0 Å². The number of anilines is 1. The third-order valence-electron chi connectivity index (χ3n) is 4.29. The third-order valence-corrected chi connectivity index (χ3v) is 4.29. The Morgan fingerprint density at radius 2 is 2.00 bits per heavy atom. The fourth-order valence-electron chi connectivity index (χ4n) is 2.82. The van der Waals surface area contributed by atoms with Gasteiger partial charge in [0.05, 0.1) is 11.3 Å². The van der Waals surface area contributed by atoms with E-state index in [1.165, 1.54) is 12.1 Å². The van der Waals surface area contributed by atoms with Gasteiger partial charge >= 0.3 is 0 Å². The summed E-state index contributed by atoms with van der Waals surface area (Å²) in [6.07, 6.45) is 1.69. The van der Waals surface area contributed by atoms with Crippen molar-refractivity contribution in [3.8, 4) is 23.1 Å². The van der Waals surface area contributed by atoms with E-state index in [1.807, 2.05) is 42.7 Å². The molecule has 0 aliphatic carbocycles. The number of halogens is 1. The minimum Gasteiger partial charge on any atom is -0.398 e. The molecule has 0 unspecified atom stereocenters. The van der Waals surface area contributed by atoms with Gasteiger partial charge in [0.2, 0.25) is 0 Å². The van der Waals surface area contributed by atoms with E-state index >= 15 is 0 Å². The number of hydrogen-bond acceptors (Lipinski definition) is 4. The van der Waals surface area contributed by atoms with Crippen LogP contribution in [0.5, 0.6) is 0 Å². The number of nitrogens with zero attached hydrogens (tertiary/aromatic N) is 4. The van der Waals surface area contributed by atoms with Crippen LogP contribution in [0.4, 0.5) is 10.1 Å². The Morgan fingerprint density at radius 1 is 1.23 bits per heavy atom. The van der Waals surface area contributed by atoms with Gasteiger partial charge in [-0.15, -0.1) is 0 Å². The highest BCUT2D eigenvalue weighted by molar-refractivity contribution is 5.88. The number of imidazole rings is 1. The lowest BCUT2D eigenvalue weighted by molar-refractivity contribution is 0.624. The van der Waals surface area contributed by atoms with E-state index in [4.69, 9.17) is 11.0 Å². The zero-order valence-electron chi connectivity index (χ0n) is 14.8. The van der Waals surface area contributed by atoms with Gasteiger partial charge in [0.1, 0.15) is 17.7 Å². The molecule has 0 bridgehead atoms. The molecule has 0 aliphatic heterocycles. The molecule has 5 nitrogen and oxygen atoms in total. The molecule has 0 aliphatic rings. The molecule has 3 rings (SSSR count). The highest BCUT2D eigenvalue weighted by Crippen LogP contribution is 2.28. The third kappa shape index (κ3) is 2.95. The number of benzene rings is 2. The summed E-state index contributed by atoms with van der Waals surface area (Å²) in [5.41, 5.74) is 10.7. The number of aryl methyl sites for hydroxylation is 1. The standard InChI is InChI=1S/C20H18FN5/c1-12-13(2)26(17-6-7-19(23)16(8-17)11-24-3)20(25-12)14-4-5-15(10-22)18(21)9-14/h4-9,11H,23H2,1-3H3. The molecule has 130 valence electrons. The number of nitriles is 1. The van der Waals surface area contributed by atoms with Gasteiger partial charge in [-0.3, -0.25) is 9.56 Å². The number of rotatable bonds is 3. The molecule has 2 N–H and O–H groups in total. The lowest BCUT2D eigenvalue weighted by atomic mass is 10.1. The van der Waals surface area contributed by atoms with Crippen LogP contribution >= 0.6 is 0 Å². The molecular formula is C20H18FN5. The van der Waals surface area contributed by atoms with Crippen molar-refractivity contribution >= 4 is 11.9 Å². The first-order chi connectivity index (χ1) is 12.5. The lowest BCUT2D eigenvalue weighted by Gasteiger charge is -2.12. The second kappa shape index (κ2) is 6.81. The largest absolute Gasteiger partial charge is 0.398 e. The van der Waals surface area contributed by atoms with E-state index in [0.717, 1.165) is 22.6 Å². The molecule has 1 heterocycles. The average Bonchev–Trinajstić information content (AvgIpc) is 2.92. The average molecular weight is 347 g/mol. The zero-order chi connectivity index (χ0) is 18.8. The summed E-state index contributed by atoms with van der Waals surface area (Å²) in [7, 11) is 1.68. The van der Waals surface area contributed by atoms with Crippen LogP contribution in [0.25, 0.3) is 17.1 Å². The quantitative estimate of drug-likeness (QED) is 0.578. The predicted octanol–water partition coefficient (Wildman–Crippen LogP) is 3.80. The van der Waals surface area contributed by atoms with Crippen molar-refractivity contribution in [2.75, 3.05) is 12.8 Å². The Bertz CT molecular complexity index is 1060. The molecule has 0 atom stereocenters. The van der Waals surface area contributed by atoms with Crippen LogP contribution in [-0.4, -0.2) is 22.8 Å². The SMILES string of the molecule is CN=Cc1cc(-n2c(-c3ccc(C#N)c(F)c3)nc(C)c2C)ccc1N. The maximum absolute atomic E-state index is 14.1. The summed E-state index contributed by atoms with van der Waals surface area (Å²) in [5.74, 6) is 0.0403. The smallest absolute Gasteiger partial charge is 0.145 e. The Hall–Kier alpha value is -3.46. The molecule has 0 saturated heterocycles. The van der Waals surface area contributed by atoms with Gasteiger partial charge in [-0.25, -0.2) is 9.37 Å². The van der Waals surface area contributed by atoms with Gasteiger partial charge < -0.3 is 5.73 Å². The molecule has 0 amide bonds. The molecule has 6 heteroatoms. The molecule has 26 heavy (non-hydrogen) atoms. The van der Waals surface area contributed by atoms with E-state index < -0.39 is 5.82 Å². The molecule has 0 spiro atoms. The highest BCUT2D eigenvalue weighted by Gasteiger charge is 2.16. The summed E-state index contributed by atoms with van der Waals surface area (Å²) in [4.78, 5) is 8.63. The van der Waals surface area contributed by atoms with E-state index in [-0.39, 0.29) is 5.56 Å². The summed E-state index contributed by atoms with van der Waals surface area (Å²) in [5, 5.41) is 8.93. The summed E-state index contributed by atoms with van der Waals surface area (Å²) >= 11 is 0. The minimum absolute atomic E-state index is 0.00854. The fourth-order valence-corrected chi connectivity index (χ4v) is 2.82. The van der Waals surface area contributed by atoms with Gasteiger partial charge in [0.15, 0.2) is 0 Å². The number of hydrogen-bond donors (Lipinski definition) is 1. The van der Waals surface area contributed by atoms with Crippen molar-refractivity contribution in [1.29, 1.82) is 5.26 Å². The van der Waals surface area contributed by atoms with Crippen LogP contribution in [0.15, 0.2) is 41.4 Å². The fraction of sp³-hybridized carbons (Fsp3) is 0.150. The minimum atomic E-state index is -0.564. The maximum atomic E-state index is 14.1. The Kier molecular flexibility index (Phi) is 4.55. The Labute approximate surface area is 151 Å². The van der Waals surface area contributed by atoms with E-state index in [9.17, 15) is 4.39 Å². The summed E-state index contributed by atoms with van der Waals surface area (Å²) in [6, 6.07) is 11.9. The topological polar surface area (TPSA) is 80.0 Å². The van der Waals surface area contributed by atoms with Gasteiger partial charge in [0, 0.05) is 41.5 Å². The molecule has 3 aromatic rings. The van der Waals surface area contributed by atoms with Gasteiger partial charge in [-0.05, 0) is 50.2 Å². The van der Waals surface area contributed by atoms with Crippen LogP contribution in [0.2, 0.25) is 0 Å². The lowest BCUT2D eigenvalue weighted by Crippen LogP contribution is -2.03. The van der Waals surface area contributed by atoms with Crippen LogP contribution in [-0.2, 0) is 0 Å². The van der Waals surface area contributed by atoms with Crippen LogP contribution in [0.1, 0.15) is 22.5 Å². The van der Waals surface area contributed by atoms with Crippen LogP contribution in [0, 0.1) is 31.0 Å². The number of aliphatic imine (C=N–C) groups is 1. The van der Waals surface area contributed by atoms with Crippen molar-refractivity contribution in [1.82, 2.24) is 9.55 Å². The first-order valence-corrected chi connectivity index (χ1v) is 8.04. The highest BCUT2D eigenvalue weighted by atomic mass is 19.1. The summed E-state index contributed by atoms with van der Waals surface area (Å²) in [6.45, 7) is 3.86. The molecule has 1 aromatic heterocycles. The first kappa shape index (κ1) is 17.4. The Balaban J connectivity index is 2.23. The van der Waals surface area contributed by atoms with Crippen LogP contribution < -0.4 is 5.73 Å².